The summed E-state index contributed by atoms with van der Waals surface area (Å²) >= 11 is 1.48. The molecule has 0 bridgehead atoms. The molecule has 6 nitrogen and oxygen atoms in total. The Morgan fingerprint density at radius 2 is 1.86 bits per heavy atom. The first-order valence-corrected chi connectivity index (χ1v) is 9.84. The van der Waals surface area contributed by atoms with E-state index in [0.717, 1.165) is 16.2 Å². The second-order valence-electron chi connectivity index (χ2n) is 6.57. The molecule has 0 atom stereocenters. The number of hydrogen-bond acceptors (Lipinski definition) is 4. The number of nitrogens with zero attached hydrogens (tertiary/aromatic N) is 2. The highest BCUT2D eigenvalue weighted by atomic mass is 32.2. The van der Waals surface area contributed by atoms with E-state index < -0.39 is 11.7 Å². The standard InChI is InChI=1S/C21H18FN3O3S/c1-24-17-10-16(23-20(26)13-5-3-6-14(22)9-13)19(11-18(17)25(2)21(24)27)29-12-15-7-4-8-28-15/h3-11H,12H2,1-2H3,(H,23,26). The number of fused-ring (bicyclic) bond motifs is 1. The van der Waals surface area contributed by atoms with Gasteiger partial charge in [0.05, 0.1) is 28.7 Å². The number of carbonyl (C=O) groups excluding carboxylic acids is 1. The molecule has 8 heteroatoms. The van der Waals surface area contributed by atoms with Gasteiger partial charge in [0.2, 0.25) is 0 Å². The monoisotopic (exact) mass is 411 g/mol. The number of anilines is 1. The van der Waals surface area contributed by atoms with Crippen LogP contribution in [0.5, 0.6) is 0 Å². The van der Waals surface area contributed by atoms with Gasteiger partial charge in [-0.05, 0) is 42.5 Å². The summed E-state index contributed by atoms with van der Waals surface area (Å²) in [7, 11) is 3.38. The van der Waals surface area contributed by atoms with E-state index in [9.17, 15) is 14.0 Å². The van der Waals surface area contributed by atoms with E-state index in [-0.39, 0.29) is 11.3 Å². The minimum Gasteiger partial charge on any atom is -0.468 e. The zero-order valence-electron chi connectivity index (χ0n) is 15.8. The minimum atomic E-state index is -0.481. The van der Waals surface area contributed by atoms with Crippen LogP contribution >= 0.6 is 11.8 Å². The smallest absolute Gasteiger partial charge is 0.328 e. The van der Waals surface area contributed by atoms with Crippen LogP contribution in [0.25, 0.3) is 11.0 Å². The number of halogens is 1. The maximum Gasteiger partial charge on any atom is 0.328 e. The Balaban J connectivity index is 1.74. The summed E-state index contributed by atoms with van der Waals surface area (Å²) in [5, 5.41) is 2.85. The van der Waals surface area contributed by atoms with Gasteiger partial charge in [0.15, 0.2) is 0 Å². The van der Waals surface area contributed by atoms with Crippen LogP contribution in [0.2, 0.25) is 0 Å². The summed E-state index contributed by atoms with van der Waals surface area (Å²) in [5.41, 5.74) is 2.05. The van der Waals surface area contributed by atoms with E-state index in [2.05, 4.69) is 5.32 Å². The number of amides is 1. The van der Waals surface area contributed by atoms with Crippen molar-refractivity contribution in [2.24, 2.45) is 14.1 Å². The summed E-state index contributed by atoms with van der Waals surface area (Å²) < 4.78 is 22.0. The van der Waals surface area contributed by atoms with Gasteiger partial charge in [0.25, 0.3) is 5.91 Å². The summed E-state index contributed by atoms with van der Waals surface area (Å²) in [6.45, 7) is 0. The van der Waals surface area contributed by atoms with Crippen molar-refractivity contribution in [1.82, 2.24) is 9.13 Å². The summed E-state index contributed by atoms with van der Waals surface area (Å²) in [6, 6.07) is 12.8. The molecule has 4 rings (SSSR count). The molecular formula is C21H18FN3O3S. The summed E-state index contributed by atoms with van der Waals surface area (Å²) in [4.78, 5) is 25.8. The van der Waals surface area contributed by atoms with Crippen LogP contribution in [-0.4, -0.2) is 15.0 Å². The van der Waals surface area contributed by atoms with E-state index in [1.807, 2.05) is 18.2 Å². The minimum absolute atomic E-state index is 0.157. The molecule has 1 N–H and O–H groups in total. The first-order valence-electron chi connectivity index (χ1n) is 8.85. The largest absolute Gasteiger partial charge is 0.468 e. The highest BCUT2D eigenvalue weighted by Crippen LogP contribution is 2.34. The number of aryl methyl sites for hydroxylation is 2. The lowest BCUT2D eigenvalue weighted by molar-refractivity contribution is 0.102. The van der Waals surface area contributed by atoms with Gasteiger partial charge in [-0.25, -0.2) is 9.18 Å². The van der Waals surface area contributed by atoms with E-state index >= 15 is 0 Å². The first kappa shape index (κ1) is 19.1. The highest BCUT2D eigenvalue weighted by Gasteiger charge is 2.16. The quantitative estimate of drug-likeness (QED) is 0.501. The van der Waals surface area contributed by atoms with Gasteiger partial charge in [-0.3, -0.25) is 13.9 Å². The lowest BCUT2D eigenvalue weighted by Gasteiger charge is -2.12. The van der Waals surface area contributed by atoms with Crippen LogP contribution in [0.15, 0.2) is 68.9 Å². The van der Waals surface area contributed by atoms with E-state index in [1.165, 1.54) is 34.5 Å². The van der Waals surface area contributed by atoms with Crippen LogP contribution < -0.4 is 11.0 Å². The predicted octanol–water partition coefficient (Wildman–Crippen LogP) is 4.15. The summed E-state index contributed by atoms with van der Waals surface area (Å²) in [5.74, 6) is 0.442. The molecule has 0 unspecified atom stereocenters. The van der Waals surface area contributed by atoms with Crippen LogP contribution in [-0.2, 0) is 19.8 Å². The number of rotatable bonds is 5. The zero-order valence-corrected chi connectivity index (χ0v) is 16.6. The van der Waals surface area contributed by atoms with Crippen molar-refractivity contribution in [3.05, 3.63) is 82.4 Å². The lowest BCUT2D eigenvalue weighted by Crippen LogP contribution is -2.19. The average molecular weight is 411 g/mol. The van der Waals surface area contributed by atoms with Crippen LogP contribution in [0.3, 0.4) is 0 Å². The number of hydrogen-bond donors (Lipinski definition) is 1. The Kier molecular flexibility index (Phi) is 5.02. The van der Waals surface area contributed by atoms with Crippen molar-refractivity contribution >= 4 is 34.4 Å². The second kappa shape index (κ2) is 7.63. The first-order chi connectivity index (χ1) is 13.9. The third-order valence-corrected chi connectivity index (χ3v) is 5.74. The SMILES string of the molecule is Cn1c(=O)n(C)c2cc(SCc3ccco3)c(NC(=O)c3cccc(F)c3)cc21. The van der Waals surface area contributed by atoms with Gasteiger partial charge in [-0.2, -0.15) is 0 Å². The molecule has 0 aliphatic rings. The average Bonchev–Trinajstić information content (AvgIpc) is 3.30. The number of imidazole rings is 1. The van der Waals surface area contributed by atoms with Crippen LogP contribution in [0, 0.1) is 5.82 Å². The van der Waals surface area contributed by atoms with Crippen LogP contribution in [0.1, 0.15) is 16.1 Å². The fraction of sp³-hybridized carbons (Fsp3) is 0.143. The van der Waals surface area contributed by atoms with Crippen molar-refractivity contribution in [3.63, 3.8) is 0 Å². The lowest BCUT2D eigenvalue weighted by atomic mass is 10.2. The fourth-order valence-corrected chi connectivity index (χ4v) is 4.03. The number of furan rings is 1. The van der Waals surface area contributed by atoms with Crippen LogP contribution in [0.4, 0.5) is 10.1 Å². The van der Waals surface area contributed by atoms with Crippen molar-refractivity contribution in [2.45, 2.75) is 10.6 Å². The Labute approximate surface area is 169 Å². The second-order valence-corrected chi connectivity index (χ2v) is 7.59. The van der Waals surface area contributed by atoms with E-state index in [0.29, 0.717) is 17.0 Å². The van der Waals surface area contributed by atoms with E-state index in [1.54, 1.807) is 37.1 Å². The number of carbonyl (C=O) groups is 1. The van der Waals surface area contributed by atoms with Gasteiger partial charge >= 0.3 is 5.69 Å². The van der Waals surface area contributed by atoms with E-state index in [4.69, 9.17) is 4.42 Å². The molecule has 2 heterocycles. The topological polar surface area (TPSA) is 69.2 Å². The van der Waals surface area contributed by atoms with Crippen molar-refractivity contribution in [2.75, 3.05) is 5.32 Å². The maximum atomic E-state index is 13.5. The molecule has 0 fully saturated rings. The number of aromatic nitrogens is 2. The Hall–Kier alpha value is -3.26. The van der Waals surface area contributed by atoms with Gasteiger partial charge in [0, 0.05) is 24.6 Å². The molecule has 0 spiro atoms. The molecule has 0 saturated carbocycles. The Bertz CT molecular complexity index is 1260. The predicted molar refractivity (Wildman–Crippen MR) is 111 cm³/mol. The van der Waals surface area contributed by atoms with Crippen molar-refractivity contribution in [1.29, 1.82) is 0 Å². The molecule has 0 saturated heterocycles. The summed E-state index contributed by atoms with van der Waals surface area (Å²) in [6.07, 6.45) is 1.60. The number of benzene rings is 2. The molecule has 2 aromatic heterocycles. The zero-order chi connectivity index (χ0) is 20.5. The number of thioether (sulfide) groups is 1. The number of nitrogens with one attached hydrogen (secondary N) is 1. The molecular weight excluding hydrogens is 393 g/mol. The third kappa shape index (κ3) is 3.71. The maximum absolute atomic E-state index is 13.5. The molecule has 148 valence electrons. The fourth-order valence-electron chi connectivity index (χ4n) is 3.11. The normalized spacial score (nSPS) is 11.1. The molecule has 29 heavy (non-hydrogen) atoms. The molecule has 0 aliphatic heterocycles. The third-order valence-electron chi connectivity index (χ3n) is 4.66. The molecule has 0 radical (unpaired) electrons. The molecule has 2 aromatic carbocycles. The van der Waals surface area contributed by atoms with Gasteiger partial charge < -0.3 is 9.73 Å². The highest BCUT2D eigenvalue weighted by molar-refractivity contribution is 7.98. The molecule has 1 amide bonds. The Morgan fingerprint density at radius 1 is 1.10 bits per heavy atom. The molecule has 4 aromatic rings. The van der Waals surface area contributed by atoms with Gasteiger partial charge in [-0.15, -0.1) is 11.8 Å². The molecule has 0 aliphatic carbocycles. The van der Waals surface area contributed by atoms with Gasteiger partial charge in [-0.1, -0.05) is 6.07 Å². The van der Waals surface area contributed by atoms with Crippen molar-refractivity contribution in [3.8, 4) is 0 Å². The van der Waals surface area contributed by atoms with Gasteiger partial charge in [0.1, 0.15) is 11.6 Å². The Morgan fingerprint density at radius 3 is 2.55 bits per heavy atom. The van der Waals surface area contributed by atoms with Crippen molar-refractivity contribution < 1.29 is 13.6 Å².